The highest BCUT2D eigenvalue weighted by molar-refractivity contribution is 6.03. The summed E-state index contributed by atoms with van der Waals surface area (Å²) in [4.78, 5) is 44.3. The minimum Gasteiger partial charge on any atom is -0.360 e. The van der Waals surface area contributed by atoms with Crippen molar-refractivity contribution in [1.29, 1.82) is 5.26 Å². The molecule has 0 aliphatic carbocycles. The van der Waals surface area contributed by atoms with Gasteiger partial charge in [0.05, 0.1) is 24.2 Å². The molecule has 0 spiro atoms. The van der Waals surface area contributed by atoms with E-state index in [2.05, 4.69) is 10.9 Å². The number of benzene rings is 2. The Morgan fingerprint density at radius 2 is 1.97 bits per heavy atom. The molecule has 7 nitrogen and oxygen atoms in total. The third-order valence-electron chi connectivity index (χ3n) is 6.58. The fourth-order valence-corrected chi connectivity index (χ4v) is 4.97. The van der Waals surface area contributed by atoms with Crippen molar-refractivity contribution in [2.24, 2.45) is 0 Å². The van der Waals surface area contributed by atoms with Crippen LogP contribution in [0.15, 0.2) is 42.5 Å². The number of para-hydroxylation sites is 1. The number of halogens is 3. The molecule has 188 valence electrons. The number of hydroxylamine groups is 2. The summed E-state index contributed by atoms with van der Waals surface area (Å²) in [5, 5.41) is 10.4. The second-order valence-electron chi connectivity index (χ2n) is 8.83. The summed E-state index contributed by atoms with van der Waals surface area (Å²) in [6, 6.07) is 12.9. The fraction of sp³-hybridized carbons (Fsp3) is 0.385. The first-order valence-corrected chi connectivity index (χ1v) is 11.6. The molecule has 2 aromatic rings. The van der Waals surface area contributed by atoms with Gasteiger partial charge >= 0.3 is 12.1 Å². The molecule has 0 aromatic heterocycles. The molecule has 2 aromatic carbocycles. The van der Waals surface area contributed by atoms with Crippen LogP contribution in [0.4, 0.5) is 18.9 Å². The highest BCUT2D eigenvalue weighted by Crippen LogP contribution is 2.38. The van der Waals surface area contributed by atoms with E-state index in [1.165, 1.54) is 6.07 Å². The summed E-state index contributed by atoms with van der Waals surface area (Å²) in [7, 11) is 0. The number of anilines is 1. The van der Waals surface area contributed by atoms with E-state index in [0.29, 0.717) is 47.3 Å². The lowest BCUT2D eigenvalue weighted by Crippen LogP contribution is -2.51. The third kappa shape index (κ3) is 4.97. The standard InChI is InChI=1S/C26H24F3N3O4/c1-2-22(33)24(32-11-5-8-23(34)18-6-3-4-7-21(18)32)20-15-31(36-25(35)26(27,28)29)14-17-10-9-16(13-30)12-19(17)20/h3-4,6-7,9-10,12,20,24H,2,5,8,11,14-15H2,1H3. The SMILES string of the molecule is CCC(=O)C(C1CN(OC(=O)C(F)(F)F)Cc2ccc(C#N)cc21)N1CCCC(=O)c2ccccc21. The highest BCUT2D eigenvalue weighted by Gasteiger charge is 2.45. The average molecular weight is 499 g/mol. The van der Waals surface area contributed by atoms with Gasteiger partial charge in [0.25, 0.3) is 0 Å². The zero-order valence-corrected chi connectivity index (χ0v) is 19.5. The van der Waals surface area contributed by atoms with Gasteiger partial charge in [-0.25, -0.2) is 4.79 Å². The molecule has 0 amide bonds. The number of nitrogens with zero attached hydrogens (tertiary/aromatic N) is 3. The summed E-state index contributed by atoms with van der Waals surface area (Å²) >= 11 is 0. The van der Waals surface area contributed by atoms with Crippen LogP contribution >= 0.6 is 0 Å². The lowest BCUT2D eigenvalue weighted by Gasteiger charge is -2.42. The predicted molar refractivity (Wildman–Crippen MR) is 123 cm³/mol. The number of ketones is 2. The van der Waals surface area contributed by atoms with Crippen LogP contribution in [0.1, 0.15) is 59.2 Å². The number of rotatable bonds is 5. The van der Waals surface area contributed by atoms with Crippen LogP contribution in [0.25, 0.3) is 0 Å². The second-order valence-corrected chi connectivity index (χ2v) is 8.83. The van der Waals surface area contributed by atoms with Crippen molar-refractivity contribution in [2.45, 2.75) is 50.9 Å². The van der Waals surface area contributed by atoms with E-state index in [1.54, 1.807) is 43.3 Å². The highest BCUT2D eigenvalue weighted by atomic mass is 19.4. The van der Waals surface area contributed by atoms with Gasteiger partial charge in [0.1, 0.15) is 0 Å². The van der Waals surface area contributed by atoms with Gasteiger partial charge in [-0.1, -0.05) is 25.1 Å². The minimum absolute atomic E-state index is 0.0488. The molecular formula is C26H24F3N3O4. The van der Waals surface area contributed by atoms with E-state index in [4.69, 9.17) is 0 Å². The third-order valence-corrected chi connectivity index (χ3v) is 6.58. The molecule has 2 aliphatic rings. The molecule has 0 fully saturated rings. The number of alkyl halides is 3. The molecule has 0 N–H and O–H groups in total. The normalized spacial score (nSPS) is 18.9. The number of carbonyl (C=O) groups is 3. The minimum atomic E-state index is -5.18. The van der Waals surface area contributed by atoms with Crippen molar-refractivity contribution < 1.29 is 32.4 Å². The summed E-state index contributed by atoms with van der Waals surface area (Å²) < 4.78 is 38.8. The summed E-state index contributed by atoms with van der Waals surface area (Å²) in [6.07, 6.45) is -4.24. The van der Waals surface area contributed by atoms with E-state index in [9.17, 15) is 32.8 Å². The van der Waals surface area contributed by atoms with Crippen molar-refractivity contribution in [3.05, 3.63) is 64.7 Å². The number of hydrogen-bond acceptors (Lipinski definition) is 7. The van der Waals surface area contributed by atoms with Crippen molar-refractivity contribution >= 4 is 23.2 Å². The van der Waals surface area contributed by atoms with Gasteiger partial charge in [-0.2, -0.15) is 18.4 Å². The molecule has 2 heterocycles. The number of hydrogen-bond donors (Lipinski definition) is 0. The van der Waals surface area contributed by atoms with Crippen LogP contribution in [0, 0.1) is 11.3 Å². The number of nitriles is 1. The van der Waals surface area contributed by atoms with Crippen LogP contribution in [-0.2, 0) is 21.0 Å². The molecule has 0 bridgehead atoms. The Morgan fingerprint density at radius 3 is 2.67 bits per heavy atom. The van der Waals surface area contributed by atoms with E-state index in [1.807, 2.05) is 4.90 Å². The van der Waals surface area contributed by atoms with Crippen molar-refractivity contribution in [3.8, 4) is 6.07 Å². The molecule has 0 radical (unpaired) electrons. The van der Waals surface area contributed by atoms with Gasteiger partial charge < -0.3 is 9.74 Å². The summed E-state index contributed by atoms with van der Waals surface area (Å²) in [6.45, 7) is 1.76. The van der Waals surface area contributed by atoms with E-state index in [-0.39, 0.29) is 31.1 Å². The maximum atomic E-state index is 13.5. The first-order valence-electron chi connectivity index (χ1n) is 11.6. The number of carbonyl (C=O) groups excluding carboxylic acids is 3. The molecule has 0 saturated carbocycles. The van der Waals surface area contributed by atoms with Gasteiger partial charge in [-0.3, -0.25) is 9.59 Å². The van der Waals surface area contributed by atoms with Gasteiger partial charge in [0.15, 0.2) is 11.6 Å². The number of fused-ring (bicyclic) bond motifs is 2. The Hall–Kier alpha value is -3.71. The monoisotopic (exact) mass is 499 g/mol. The Labute approximate surface area is 206 Å². The second kappa shape index (κ2) is 10.1. The smallest absolute Gasteiger partial charge is 0.360 e. The topological polar surface area (TPSA) is 90.7 Å². The Morgan fingerprint density at radius 1 is 1.22 bits per heavy atom. The van der Waals surface area contributed by atoms with Crippen LogP contribution < -0.4 is 4.90 Å². The van der Waals surface area contributed by atoms with Crippen LogP contribution in [0.3, 0.4) is 0 Å². The van der Waals surface area contributed by atoms with Crippen molar-refractivity contribution in [1.82, 2.24) is 5.06 Å². The van der Waals surface area contributed by atoms with E-state index >= 15 is 0 Å². The fourth-order valence-electron chi connectivity index (χ4n) is 4.97. The molecule has 2 unspecified atom stereocenters. The van der Waals surface area contributed by atoms with Crippen molar-refractivity contribution in [2.75, 3.05) is 18.0 Å². The zero-order chi connectivity index (χ0) is 26.0. The Bertz CT molecular complexity index is 1240. The van der Waals surface area contributed by atoms with E-state index < -0.39 is 24.1 Å². The van der Waals surface area contributed by atoms with Gasteiger partial charge in [-0.15, -0.1) is 5.06 Å². The first-order chi connectivity index (χ1) is 17.1. The zero-order valence-electron chi connectivity index (χ0n) is 19.5. The molecule has 10 heteroatoms. The van der Waals surface area contributed by atoms with Crippen molar-refractivity contribution in [3.63, 3.8) is 0 Å². The van der Waals surface area contributed by atoms with Gasteiger partial charge in [0.2, 0.25) is 0 Å². The Balaban J connectivity index is 1.82. The van der Waals surface area contributed by atoms with Gasteiger partial charge in [0, 0.05) is 43.1 Å². The van der Waals surface area contributed by atoms with Gasteiger partial charge in [-0.05, 0) is 41.8 Å². The number of Topliss-reactive ketones (excluding diaryl/α,β-unsaturated/α-hetero) is 2. The molecule has 2 atom stereocenters. The molecule has 2 aliphatic heterocycles. The maximum absolute atomic E-state index is 13.5. The molecule has 4 rings (SSSR count). The molecule has 0 saturated heterocycles. The Kier molecular flexibility index (Phi) is 7.13. The molecule has 36 heavy (non-hydrogen) atoms. The summed E-state index contributed by atoms with van der Waals surface area (Å²) in [5.41, 5.74) is 2.58. The lowest BCUT2D eigenvalue weighted by molar-refractivity contribution is -0.242. The average Bonchev–Trinajstić information content (AvgIpc) is 3.02. The molecular weight excluding hydrogens is 475 g/mol. The quantitative estimate of drug-likeness (QED) is 0.606. The van der Waals surface area contributed by atoms with Crippen LogP contribution in [0.2, 0.25) is 0 Å². The van der Waals surface area contributed by atoms with Crippen LogP contribution in [0.5, 0.6) is 0 Å². The largest absolute Gasteiger partial charge is 0.492 e. The predicted octanol–water partition coefficient (Wildman–Crippen LogP) is 4.31. The van der Waals surface area contributed by atoms with Crippen LogP contribution in [-0.4, -0.2) is 47.9 Å². The van der Waals surface area contributed by atoms with E-state index in [0.717, 1.165) is 5.06 Å². The maximum Gasteiger partial charge on any atom is 0.492 e. The summed E-state index contributed by atoms with van der Waals surface area (Å²) in [5.74, 6) is -3.30. The first kappa shape index (κ1) is 25.4. The lowest BCUT2D eigenvalue weighted by atomic mass is 9.81.